The smallest absolute Gasteiger partial charge is 0.309 e. The number of alkyl halides is 3. The van der Waals surface area contributed by atoms with Crippen LogP contribution in [-0.2, 0) is 12.7 Å². The zero-order valence-electron chi connectivity index (χ0n) is 11.5. The number of halogens is 4. The van der Waals surface area contributed by atoms with Crippen LogP contribution in [-0.4, -0.2) is 11.0 Å². The van der Waals surface area contributed by atoms with Gasteiger partial charge in [0, 0.05) is 23.5 Å². The van der Waals surface area contributed by atoms with Crippen molar-refractivity contribution in [2.24, 2.45) is 0 Å². The Hall–Kier alpha value is -1.47. The zero-order chi connectivity index (χ0) is 15.6. The molecular formula is C14H14F4N2S. The van der Waals surface area contributed by atoms with Gasteiger partial charge in [-0.2, -0.15) is 13.2 Å². The average molecular weight is 318 g/mol. The number of hydrogen-bond donors (Lipinski definition) is 1. The molecule has 114 valence electrons. The van der Waals surface area contributed by atoms with Crippen LogP contribution in [0.3, 0.4) is 0 Å². The molecule has 2 nitrogen and oxygen atoms in total. The maximum Gasteiger partial charge on any atom is 0.417 e. The first-order valence-electron chi connectivity index (χ1n) is 6.32. The lowest BCUT2D eigenvalue weighted by Crippen LogP contribution is -2.21. The summed E-state index contributed by atoms with van der Waals surface area (Å²) in [6.07, 6.45) is -4.54. The highest BCUT2D eigenvalue weighted by molar-refractivity contribution is 7.13. The Kier molecular flexibility index (Phi) is 4.63. The first kappa shape index (κ1) is 15.9. The standard InChI is InChI=1S/C14H14F4N2S/c1-8(2)19-6-10-7-21-13(20-10)11-5-9(15)3-4-12(11)14(16,17)18/h3-5,7-8,19H,6H2,1-2H3. The third-order valence-corrected chi connectivity index (χ3v) is 3.68. The van der Waals surface area contributed by atoms with Crippen molar-refractivity contribution >= 4 is 11.3 Å². The van der Waals surface area contributed by atoms with E-state index in [9.17, 15) is 17.6 Å². The molecule has 1 heterocycles. The fourth-order valence-corrected chi connectivity index (χ4v) is 2.61. The van der Waals surface area contributed by atoms with Gasteiger partial charge in [-0.05, 0) is 18.2 Å². The van der Waals surface area contributed by atoms with E-state index < -0.39 is 17.6 Å². The second kappa shape index (κ2) is 6.11. The molecule has 0 aliphatic rings. The quantitative estimate of drug-likeness (QED) is 0.842. The monoisotopic (exact) mass is 318 g/mol. The number of nitrogens with zero attached hydrogens (tertiary/aromatic N) is 1. The maximum atomic E-state index is 13.3. The fourth-order valence-electron chi connectivity index (χ4n) is 1.76. The Morgan fingerprint density at radius 3 is 2.62 bits per heavy atom. The zero-order valence-corrected chi connectivity index (χ0v) is 12.3. The van der Waals surface area contributed by atoms with Gasteiger partial charge in [-0.3, -0.25) is 0 Å². The molecular weight excluding hydrogens is 304 g/mol. The second-order valence-corrected chi connectivity index (χ2v) is 5.73. The number of aromatic nitrogens is 1. The largest absolute Gasteiger partial charge is 0.417 e. The van der Waals surface area contributed by atoms with E-state index in [2.05, 4.69) is 10.3 Å². The molecule has 0 fully saturated rings. The second-order valence-electron chi connectivity index (χ2n) is 4.87. The molecule has 0 aliphatic carbocycles. The predicted molar refractivity (Wildman–Crippen MR) is 74.5 cm³/mol. The molecule has 1 aromatic carbocycles. The Morgan fingerprint density at radius 1 is 1.29 bits per heavy atom. The molecule has 0 aliphatic heterocycles. The van der Waals surface area contributed by atoms with Crippen LogP contribution in [0.15, 0.2) is 23.6 Å². The minimum Gasteiger partial charge on any atom is -0.309 e. The fraction of sp³-hybridized carbons (Fsp3) is 0.357. The van der Waals surface area contributed by atoms with Gasteiger partial charge in [0.05, 0.1) is 11.3 Å². The van der Waals surface area contributed by atoms with Crippen LogP contribution in [0.1, 0.15) is 25.1 Å². The summed E-state index contributed by atoms with van der Waals surface area (Å²) in [5.41, 5.74) is -0.453. The summed E-state index contributed by atoms with van der Waals surface area (Å²) < 4.78 is 52.2. The lowest BCUT2D eigenvalue weighted by Gasteiger charge is -2.11. The van der Waals surface area contributed by atoms with Gasteiger partial charge in [0.1, 0.15) is 10.8 Å². The van der Waals surface area contributed by atoms with E-state index in [4.69, 9.17) is 0 Å². The van der Waals surface area contributed by atoms with Crippen molar-refractivity contribution in [3.8, 4) is 10.6 Å². The summed E-state index contributed by atoms with van der Waals surface area (Å²) in [7, 11) is 0. The van der Waals surface area contributed by atoms with E-state index in [1.165, 1.54) is 0 Å². The number of hydrogen-bond acceptors (Lipinski definition) is 3. The van der Waals surface area contributed by atoms with E-state index in [0.717, 1.165) is 29.5 Å². The van der Waals surface area contributed by atoms with Crippen molar-refractivity contribution in [3.05, 3.63) is 40.7 Å². The molecule has 0 unspecified atom stereocenters. The highest BCUT2D eigenvalue weighted by atomic mass is 32.1. The van der Waals surface area contributed by atoms with Crippen LogP contribution in [0.5, 0.6) is 0 Å². The summed E-state index contributed by atoms with van der Waals surface area (Å²) in [5.74, 6) is -0.713. The lowest BCUT2D eigenvalue weighted by atomic mass is 10.1. The highest BCUT2D eigenvalue weighted by Gasteiger charge is 2.34. The molecule has 7 heteroatoms. The van der Waals surface area contributed by atoms with Gasteiger partial charge in [-0.15, -0.1) is 11.3 Å². The van der Waals surface area contributed by atoms with Crippen molar-refractivity contribution in [2.75, 3.05) is 0 Å². The first-order chi connectivity index (χ1) is 9.77. The first-order valence-corrected chi connectivity index (χ1v) is 7.20. The SMILES string of the molecule is CC(C)NCc1csc(-c2cc(F)ccc2C(F)(F)F)n1. The van der Waals surface area contributed by atoms with Crippen molar-refractivity contribution in [2.45, 2.75) is 32.6 Å². The van der Waals surface area contributed by atoms with Crippen LogP contribution < -0.4 is 5.32 Å². The minimum absolute atomic E-state index is 0.169. The van der Waals surface area contributed by atoms with E-state index in [0.29, 0.717) is 12.2 Å². The summed E-state index contributed by atoms with van der Waals surface area (Å²) in [4.78, 5) is 4.16. The Morgan fingerprint density at radius 2 is 2.00 bits per heavy atom. The van der Waals surface area contributed by atoms with Crippen molar-refractivity contribution in [1.29, 1.82) is 0 Å². The van der Waals surface area contributed by atoms with Crippen LogP contribution >= 0.6 is 11.3 Å². The molecule has 0 saturated heterocycles. The van der Waals surface area contributed by atoms with Crippen LogP contribution in [0.4, 0.5) is 17.6 Å². The number of benzene rings is 1. The molecule has 0 amide bonds. The molecule has 0 atom stereocenters. The van der Waals surface area contributed by atoms with Crippen LogP contribution in [0.2, 0.25) is 0 Å². The molecule has 0 saturated carbocycles. The summed E-state index contributed by atoms with van der Waals surface area (Å²) >= 11 is 1.08. The normalized spacial score (nSPS) is 12.1. The summed E-state index contributed by atoms with van der Waals surface area (Å²) in [6.45, 7) is 4.38. The van der Waals surface area contributed by atoms with E-state index in [-0.39, 0.29) is 16.6 Å². The van der Waals surface area contributed by atoms with Crippen LogP contribution in [0.25, 0.3) is 10.6 Å². The third-order valence-electron chi connectivity index (χ3n) is 2.76. The topological polar surface area (TPSA) is 24.9 Å². The number of nitrogens with one attached hydrogen (secondary N) is 1. The Labute approximate surface area is 123 Å². The van der Waals surface area contributed by atoms with Crippen molar-refractivity contribution in [1.82, 2.24) is 10.3 Å². The van der Waals surface area contributed by atoms with Crippen molar-refractivity contribution < 1.29 is 17.6 Å². The Bertz CT molecular complexity index is 620. The van der Waals surface area contributed by atoms with Gasteiger partial charge in [0.15, 0.2) is 0 Å². The van der Waals surface area contributed by atoms with Gasteiger partial charge >= 0.3 is 6.18 Å². The van der Waals surface area contributed by atoms with Gasteiger partial charge in [0.2, 0.25) is 0 Å². The molecule has 1 N–H and O–H groups in total. The highest BCUT2D eigenvalue weighted by Crippen LogP contribution is 2.38. The summed E-state index contributed by atoms with van der Waals surface area (Å²) in [5, 5.41) is 4.98. The van der Waals surface area contributed by atoms with E-state index in [1.807, 2.05) is 13.8 Å². The van der Waals surface area contributed by atoms with Gasteiger partial charge in [-0.25, -0.2) is 9.37 Å². The van der Waals surface area contributed by atoms with E-state index >= 15 is 0 Å². The van der Waals surface area contributed by atoms with Crippen molar-refractivity contribution in [3.63, 3.8) is 0 Å². The predicted octanol–water partition coefficient (Wildman–Crippen LogP) is 4.47. The van der Waals surface area contributed by atoms with Crippen LogP contribution in [0, 0.1) is 5.82 Å². The third kappa shape index (κ3) is 4.01. The molecule has 2 rings (SSSR count). The average Bonchev–Trinajstić information content (AvgIpc) is 2.83. The van der Waals surface area contributed by atoms with Gasteiger partial charge in [-0.1, -0.05) is 13.8 Å². The molecule has 0 spiro atoms. The molecule has 21 heavy (non-hydrogen) atoms. The molecule has 1 aromatic heterocycles. The van der Waals surface area contributed by atoms with E-state index in [1.54, 1.807) is 5.38 Å². The molecule has 0 bridgehead atoms. The minimum atomic E-state index is -4.54. The Balaban J connectivity index is 2.35. The number of rotatable bonds is 4. The molecule has 2 aromatic rings. The summed E-state index contributed by atoms with van der Waals surface area (Å²) in [6, 6.07) is 2.68. The maximum absolute atomic E-state index is 13.3. The molecule has 0 radical (unpaired) electrons. The van der Waals surface area contributed by atoms with Gasteiger partial charge in [0.25, 0.3) is 0 Å². The lowest BCUT2D eigenvalue weighted by molar-refractivity contribution is -0.137. The van der Waals surface area contributed by atoms with Gasteiger partial charge < -0.3 is 5.32 Å². The number of thiazole rings is 1.